The summed E-state index contributed by atoms with van der Waals surface area (Å²) in [6, 6.07) is 9.04. The van der Waals surface area contributed by atoms with Crippen LogP contribution in [0.1, 0.15) is 31.4 Å². The molecule has 0 amide bonds. The van der Waals surface area contributed by atoms with Crippen molar-refractivity contribution in [3.05, 3.63) is 34.9 Å². The Balaban J connectivity index is 1.74. The van der Waals surface area contributed by atoms with Crippen molar-refractivity contribution in [3.8, 4) is 0 Å². The second kappa shape index (κ2) is 6.44. The highest BCUT2D eigenvalue weighted by Gasteiger charge is 2.35. The zero-order chi connectivity index (χ0) is 13.9. The number of nitrogens with one attached hydrogen (secondary N) is 1. The van der Waals surface area contributed by atoms with E-state index in [9.17, 15) is 0 Å². The lowest BCUT2D eigenvalue weighted by molar-refractivity contribution is -0.0650. The highest BCUT2D eigenvalue weighted by atomic mass is 35.5. The zero-order valence-corrected chi connectivity index (χ0v) is 12.8. The molecule has 3 atom stereocenters. The Morgan fingerprint density at radius 2 is 2.20 bits per heavy atom. The quantitative estimate of drug-likeness (QED) is 0.924. The predicted octanol–water partition coefficient (Wildman–Crippen LogP) is 2.85. The van der Waals surface area contributed by atoms with Crippen LogP contribution >= 0.6 is 11.6 Å². The van der Waals surface area contributed by atoms with Crippen LogP contribution < -0.4 is 5.32 Å². The number of ether oxygens (including phenoxy) is 1. The van der Waals surface area contributed by atoms with E-state index in [-0.39, 0.29) is 12.1 Å². The summed E-state index contributed by atoms with van der Waals surface area (Å²) < 4.78 is 6.15. The van der Waals surface area contributed by atoms with Crippen molar-refractivity contribution < 1.29 is 4.74 Å². The second-order valence-electron chi connectivity index (χ2n) is 5.75. The number of nitrogens with zero attached hydrogens (tertiary/aromatic N) is 1. The fourth-order valence-corrected chi connectivity index (χ4v) is 3.52. The highest BCUT2D eigenvalue weighted by Crippen LogP contribution is 2.29. The van der Waals surface area contributed by atoms with E-state index in [1.807, 2.05) is 12.1 Å². The lowest BCUT2D eigenvalue weighted by Gasteiger charge is -2.39. The molecule has 2 saturated heterocycles. The van der Waals surface area contributed by atoms with Gasteiger partial charge in [-0.05, 0) is 43.6 Å². The van der Waals surface area contributed by atoms with Gasteiger partial charge >= 0.3 is 0 Å². The first-order chi connectivity index (χ1) is 9.78. The van der Waals surface area contributed by atoms with Crippen molar-refractivity contribution in [1.82, 2.24) is 10.2 Å². The molecule has 2 aliphatic heterocycles. The third-order valence-electron chi connectivity index (χ3n) is 4.44. The van der Waals surface area contributed by atoms with Crippen LogP contribution in [-0.4, -0.2) is 43.3 Å². The van der Waals surface area contributed by atoms with Crippen LogP contribution in [0.4, 0.5) is 0 Å². The molecule has 3 nitrogen and oxygen atoms in total. The molecule has 1 N–H and O–H groups in total. The number of hydrogen-bond donors (Lipinski definition) is 1. The summed E-state index contributed by atoms with van der Waals surface area (Å²) in [5, 5.41) is 4.36. The largest absolute Gasteiger partial charge is 0.373 e. The summed E-state index contributed by atoms with van der Waals surface area (Å²) in [6.07, 6.45) is 2.83. The van der Waals surface area contributed by atoms with Crippen LogP contribution in [0.15, 0.2) is 24.3 Å². The van der Waals surface area contributed by atoms with Gasteiger partial charge < -0.3 is 10.1 Å². The standard InChI is InChI=1S/C16H23ClN2O/c1-2-18-16(12-5-7-13(17)8-6-12)15-10-19-9-3-4-14(19)11-20-15/h5-8,14-16,18H,2-4,9-11H2,1H3. The number of rotatable bonds is 4. The van der Waals surface area contributed by atoms with Crippen molar-refractivity contribution in [1.29, 1.82) is 0 Å². The van der Waals surface area contributed by atoms with Crippen LogP contribution in [0, 0.1) is 0 Å². The molecule has 4 heteroatoms. The minimum atomic E-state index is 0.227. The topological polar surface area (TPSA) is 24.5 Å². The summed E-state index contributed by atoms with van der Waals surface area (Å²) in [6.45, 7) is 6.22. The summed E-state index contributed by atoms with van der Waals surface area (Å²) in [4.78, 5) is 2.59. The van der Waals surface area contributed by atoms with E-state index in [4.69, 9.17) is 16.3 Å². The normalized spacial score (nSPS) is 28.3. The first-order valence-corrected chi connectivity index (χ1v) is 8.00. The Bertz CT molecular complexity index is 437. The molecular formula is C16H23ClN2O. The molecule has 0 saturated carbocycles. The van der Waals surface area contributed by atoms with E-state index < -0.39 is 0 Å². The number of morpholine rings is 1. The van der Waals surface area contributed by atoms with Gasteiger partial charge in [0.05, 0.1) is 18.8 Å². The molecule has 1 aromatic rings. The molecule has 2 aliphatic rings. The van der Waals surface area contributed by atoms with Crippen molar-refractivity contribution in [2.45, 2.75) is 38.0 Å². The molecule has 2 fully saturated rings. The van der Waals surface area contributed by atoms with Gasteiger partial charge in [0.25, 0.3) is 0 Å². The Hall–Kier alpha value is -0.610. The predicted molar refractivity (Wildman–Crippen MR) is 82.2 cm³/mol. The van der Waals surface area contributed by atoms with E-state index in [1.54, 1.807) is 0 Å². The number of hydrogen-bond acceptors (Lipinski definition) is 3. The first-order valence-electron chi connectivity index (χ1n) is 7.62. The average Bonchev–Trinajstić information content (AvgIpc) is 2.93. The van der Waals surface area contributed by atoms with Crippen LogP contribution in [-0.2, 0) is 4.74 Å². The van der Waals surface area contributed by atoms with Gasteiger partial charge in [0.15, 0.2) is 0 Å². The molecule has 3 rings (SSSR count). The van der Waals surface area contributed by atoms with Gasteiger partial charge in [0, 0.05) is 17.6 Å². The SMILES string of the molecule is CCNC(c1ccc(Cl)cc1)C1CN2CCCC2CO1. The molecule has 3 unspecified atom stereocenters. The molecule has 110 valence electrons. The second-order valence-corrected chi connectivity index (χ2v) is 6.19. The maximum atomic E-state index is 6.15. The van der Waals surface area contributed by atoms with Crippen LogP contribution in [0.25, 0.3) is 0 Å². The fourth-order valence-electron chi connectivity index (χ4n) is 3.40. The molecule has 2 heterocycles. The van der Waals surface area contributed by atoms with E-state index in [0.717, 1.165) is 24.7 Å². The summed E-state index contributed by atoms with van der Waals surface area (Å²) in [7, 11) is 0. The third kappa shape index (κ3) is 3.01. The lowest BCUT2D eigenvalue weighted by atomic mass is 9.99. The van der Waals surface area contributed by atoms with E-state index >= 15 is 0 Å². The van der Waals surface area contributed by atoms with Gasteiger partial charge in [-0.3, -0.25) is 4.90 Å². The van der Waals surface area contributed by atoms with Gasteiger partial charge in [0.1, 0.15) is 0 Å². The summed E-state index contributed by atoms with van der Waals surface area (Å²) in [5.41, 5.74) is 1.26. The van der Waals surface area contributed by atoms with Crippen molar-refractivity contribution >= 4 is 11.6 Å². The zero-order valence-electron chi connectivity index (χ0n) is 12.0. The van der Waals surface area contributed by atoms with Gasteiger partial charge in [-0.15, -0.1) is 0 Å². The molecule has 0 bridgehead atoms. The van der Waals surface area contributed by atoms with Gasteiger partial charge in [-0.25, -0.2) is 0 Å². The first kappa shape index (κ1) is 14.3. The smallest absolute Gasteiger partial charge is 0.0897 e. The maximum absolute atomic E-state index is 6.15. The third-order valence-corrected chi connectivity index (χ3v) is 4.69. The van der Waals surface area contributed by atoms with Gasteiger partial charge in [0.2, 0.25) is 0 Å². The highest BCUT2D eigenvalue weighted by molar-refractivity contribution is 6.30. The summed E-state index contributed by atoms with van der Waals surface area (Å²) >= 11 is 5.99. The van der Waals surface area contributed by atoms with Crippen LogP contribution in [0.3, 0.4) is 0 Å². The average molecular weight is 295 g/mol. The molecule has 0 aromatic heterocycles. The van der Waals surface area contributed by atoms with Gasteiger partial charge in [-0.1, -0.05) is 30.7 Å². The Labute approximate surface area is 126 Å². The molecular weight excluding hydrogens is 272 g/mol. The number of halogens is 1. The minimum Gasteiger partial charge on any atom is -0.373 e. The lowest BCUT2D eigenvalue weighted by Crippen LogP contribution is -2.50. The number of fused-ring (bicyclic) bond motifs is 1. The monoisotopic (exact) mass is 294 g/mol. The van der Waals surface area contributed by atoms with Crippen LogP contribution in [0.2, 0.25) is 5.02 Å². The van der Waals surface area contributed by atoms with Crippen molar-refractivity contribution in [2.24, 2.45) is 0 Å². The number of benzene rings is 1. The van der Waals surface area contributed by atoms with Crippen molar-refractivity contribution in [2.75, 3.05) is 26.2 Å². The Kier molecular flexibility index (Phi) is 4.61. The Morgan fingerprint density at radius 3 is 2.95 bits per heavy atom. The molecule has 1 aromatic carbocycles. The number of likely N-dealkylation sites (N-methyl/N-ethyl adjacent to an activating group) is 1. The van der Waals surface area contributed by atoms with E-state index in [2.05, 4.69) is 29.3 Å². The van der Waals surface area contributed by atoms with E-state index in [0.29, 0.717) is 6.04 Å². The minimum absolute atomic E-state index is 0.227. The molecule has 0 aliphatic carbocycles. The van der Waals surface area contributed by atoms with Crippen molar-refractivity contribution in [3.63, 3.8) is 0 Å². The molecule has 0 radical (unpaired) electrons. The fraction of sp³-hybridized carbons (Fsp3) is 0.625. The maximum Gasteiger partial charge on any atom is 0.0897 e. The van der Waals surface area contributed by atoms with E-state index in [1.165, 1.54) is 24.9 Å². The van der Waals surface area contributed by atoms with Gasteiger partial charge in [-0.2, -0.15) is 0 Å². The molecule has 0 spiro atoms. The Morgan fingerprint density at radius 1 is 1.40 bits per heavy atom. The summed E-state index contributed by atoms with van der Waals surface area (Å²) in [5.74, 6) is 0. The van der Waals surface area contributed by atoms with Crippen LogP contribution in [0.5, 0.6) is 0 Å². The molecule has 20 heavy (non-hydrogen) atoms.